The van der Waals surface area contributed by atoms with E-state index in [1.165, 1.54) is 11.9 Å². The van der Waals surface area contributed by atoms with Crippen LogP contribution in [0.2, 0.25) is 0 Å². The van der Waals surface area contributed by atoms with Gasteiger partial charge in [-0.05, 0) is 56.5 Å². The van der Waals surface area contributed by atoms with Crippen molar-refractivity contribution in [3.63, 3.8) is 0 Å². The molecule has 2 fully saturated rings. The molecule has 2 aromatic rings. The lowest BCUT2D eigenvalue weighted by Gasteiger charge is -2.39. The molecule has 5 rings (SSSR count). The first-order chi connectivity index (χ1) is 28.6. The van der Waals surface area contributed by atoms with Crippen LogP contribution in [-0.4, -0.2) is 155 Å². The van der Waals surface area contributed by atoms with Crippen molar-refractivity contribution in [2.24, 2.45) is 0 Å². The van der Waals surface area contributed by atoms with Crippen LogP contribution in [0.3, 0.4) is 0 Å². The van der Waals surface area contributed by atoms with E-state index >= 15 is 0 Å². The minimum atomic E-state index is -1.57. The summed E-state index contributed by atoms with van der Waals surface area (Å²) in [5, 5.41) is 52.5. The number of carbonyl (C=O) groups excluding carboxylic acids is 4. The van der Waals surface area contributed by atoms with E-state index in [9.17, 15) is 44.7 Å². The van der Waals surface area contributed by atoms with Gasteiger partial charge in [0.1, 0.15) is 61.2 Å². The van der Waals surface area contributed by atoms with E-state index in [1.54, 1.807) is 63.3 Å². The zero-order chi connectivity index (χ0) is 43.6. The summed E-state index contributed by atoms with van der Waals surface area (Å²) >= 11 is 0. The Labute approximate surface area is 348 Å². The summed E-state index contributed by atoms with van der Waals surface area (Å²) in [7, 11) is 1.50. The quantitative estimate of drug-likeness (QED) is 0.121. The normalized spacial score (nSPS) is 26.4. The van der Waals surface area contributed by atoms with Gasteiger partial charge in [-0.25, -0.2) is 4.79 Å². The molecule has 328 valence electrons. The van der Waals surface area contributed by atoms with Crippen molar-refractivity contribution in [2.45, 2.75) is 113 Å². The van der Waals surface area contributed by atoms with Crippen LogP contribution in [0.4, 0.5) is 0 Å². The topological polar surface area (TPSA) is 240 Å². The molecular formula is C43H56N2O15. The monoisotopic (exact) mass is 840 g/mol. The lowest BCUT2D eigenvalue weighted by atomic mass is 9.90. The number of nitrogens with one attached hydrogen (secondary N) is 1. The molecule has 0 saturated carbocycles. The Morgan fingerprint density at radius 3 is 2.43 bits per heavy atom. The summed E-state index contributed by atoms with van der Waals surface area (Å²) in [6.07, 6.45) is -4.34. The molecule has 0 aromatic heterocycles. The molecule has 3 aliphatic rings. The first-order valence-corrected chi connectivity index (χ1v) is 19.9. The Bertz CT molecular complexity index is 1830. The number of aliphatic hydroxyl groups is 5. The average Bonchev–Trinajstić information content (AvgIpc) is 3.71. The molecule has 0 spiro atoms. The third kappa shape index (κ3) is 12.5. The molecule has 0 bridgehead atoms. The molecule has 2 heterocycles. The van der Waals surface area contributed by atoms with E-state index in [0.29, 0.717) is 5.56 Å². The lowest BCUT2D eigenvalue weighted by molar-refractivity contribution is -0.298. The van der Waals surface area contributed by atoms with Gasteiger partial charge in [0.2, 0.25) is 11.8 Å². The second-order valence-corrected chi connectivity index (χ2v) is 15.9. The molecule has 6 N–H and O–H groups in total. The average molecular weight is 841 g/mol. The van der Waals surface area contributed by atoms with Crippen molar-refractivity contribution >= 4 is 29.8 Å². The van der Waals surface area contributed by atoms with Gasteiger partial charge in [0.05, 0.1) is 31.4 Å². The van der Waals surface area contributed by atoms with Gasteiger partial charge in [-0.15, -0.1) is 0 Å². The van der Waals surface area contributed by atoms with Gasteiger partial charge in [0, 0.05) is 31.9 Å². The molecule has 17 heteroatoms. The fourth-order valence-corrected chi connectivity index (χ4v) is 7.03. The van der Waals surface area contributed by atoms with Crippen LogP contribution in [0.5, 0.6) is 0 Å². The minimum Gasteiger partial charge on any atom is -0.460 e. The number of hydrogen-bond donors (Lipinski definition) is 6. The Kier molecular flexibility index (Phi) is 16.5. The van der Waals surface area contributed by atoms with Gasteiger partial charge in [-0.2, -0.15) is 0 Å². The summed E-state index contributed by atoms with van der Waals surface area (Å²) in [6.45, 7) is 4.04. The molecule has 0 radical (unpaired) electrons. The summed E-state index contributed by atoms with van der Waals surface area (Å²) < 4.78 is 33.7. The van der Waals surface area contributed by atoms with Crippen molar-refractivity contribution in [3.8, 4) is 0 Å². The molecular weight excluding hydrogens is 784 g/mol. The highest BCUT2D eigenvalue weighted by Crippen LogP contribution is 2.32. The SMILES string of the molecule is CN(C(=O)C1=CC2OCOC2C(OC(=O)c2cccc(C=CCOC3OC(CO)C(O)C(O)C3O)c2)C1)C(Cc1ccccc1)C(=O)NC(CO)CCC(=O)OC(C)(C)C. The molecule has 2 saturated heterocycles. The van der Waals surface area contributed by atoms with Crippen LogP contribution in [0.1, 0.15) is 61.5 Å². The van der Waals surface area contributed by atoms with Gasteiger partial charge in [0.15, 0.2) is 6.29 Å². The lowest BCUT2D eigenvalue weighted by Crippen LogP contribution is -2.59. The van der Waals surface area contributed by atoms with Gasteiger partial charge in [-0.3, -0.25) is 14.4 Å². The fourth-order valence-electron chi connectivity index (χ4n) is 7.03. The molecule has 10 atom stereocenters. The molecule has 2 aromatic carbocycles. The molecule has 1 aliphatic carbocycles. The van der Waals surface area contributed by atoms with E-state index in [1.807, 2.05) is 30.3 Å². The summed E-state index contributed by atoms with van der Waals surface area (Å²) in [5.41, 5.74) is 1.13. The first-order valence-electron chi connectivity index (χ1n) is 19.9. The number of benzene rings is 2. The second kappa shape index (κ2) is 21.3. The van der Waals surface area contributed by atoms with Crippen molar-refractivity contribution < 1.29 is 73.1 Å². The molecule has 2 amide bonds. The molecule has 60 heavy (non-hydrogen) atoms. The maximum atomic E-state index is 14.2. The van der Waals surface area contributed by atoms with E-state index in [2.05, 4.69) is 5.32 Å². The van der Waals surface area contributed by atoms with Crippen LogP contribution in [0.15, 0.2) is 72.3 Å². The summed E-state index contributed by atoms with van der Waals surface area (Å²) in [4.78, 5) is 55.3. The standard InChI is InChI=1S/C43H56N2O15/c1-43(2,3)60-34(48)16-15-29(22-46)44-39(52)30(19-26-10-6-5-7-11-26)45(4)40(53)28-20-31-38(57-24-56-31)32(21-28)58-41(54)27-14-8-12-25(18-27)13-9-17-55-42-37(51)36(50)35(49)33(23-47)59-42/h5-14,18,20,29-33,35-38,42,46-47,49-51H,15-17,19,21-24H2,1-4H3,(H,44,52). The number of carbonyl (C=O) groups is 4. The number of nitrogens with zero attached hydrogens (tertiary/aromatic N) is 1. The number of rotatable bonds is 17. The van der Waals surface area contributed by atoms with E-state index in [-0.39, 0.29) is 50.2 Å². The molecule has 17 nitrogen and oxygen atoms in total. The number of hydrogen-bond acceptors (Lipinski definition) is 15. The van der Waals surface area contributed by atoms with Crippen LogP contribution in [0.25, 0.3) is 6.08 Å². The highest BCUT2D eigenvalue weighted by Gasteiger charge is 2.45. The van der Waals surface area contributed by atoms with Gasteiger partial charge < -0.3 is 64.2 Å². The largest absolute Gasteiger partial charge is 0.460 e. The van der Waals surface area contributed by atoms with Crippen molar-refractivity contribution in [1.29, 1.82) is 0 Å². The third-order valence-corrected chi connectivity index (χ3v) is 10.2. The number of amides is 2. The van der Waals surface area contributed by atoms with Crippen LogP contribution >= 0.6 is 0 Å². The number of fused-ring (bicyclic) bond motifs is 1. The predicted molar refractivity (Wildman–Crippen MR) is 213 cm³/mol. The molecule has 2 aliphatic heterocycles. The van der Waals surface area contributed by atoms with Crippen LogP contribution < -0.4 is 5.32 Å². The van der Waals surface area contributed by atoms with Crippen molar-refractivity contribution in [2.75, 3.05) is 33.7 Å². The van der Waals surface area contributed by atoms with E-state index < -0.39 is 104 Å². The number of likely N-dealkylation sites (N-methyl/N-ethyl adjacent to an activating group) is 1. The third-order valence-electron chi connectivity index (χ3n) is 10.2. The Hall–Kier alpha value is -4.56. The first kappa shape index (κ1) is 46.5. The van der Waals surface area contributed by atoms with Crippen molar-refractivity contribution in [1.82, 2.24) is 10.2 Å². The minimum absolute atomic E-state index is 0.0385. The fraction of sp³-hybridized carbons (Fsp3) is 0.535. The van der Waals surface area contributed by atoms with Crippen molar-refractivity contribution in [3.05, 3.63) is 89.0 Å². The number of ether oxygens (including phenoxy) is 6. The van der Waals surface area contributed by atoms with Gasteiger partial charge in [-0.1, -0.05) is 54.6 Å². The summed E-state index contributed by atoms with van der Waals surface area (Å²) in [5.74, 6) is -2.20. The highest BCUT2D eigenvalue weighted by atomic mass is 16.7. The van der Waals surface area contributed by atoms with Crippen LogP contribution in [0, 0.1) is 0 Å². The zero-order valence-electron chi connectivity index (χ0n) is 34.1. The number of aliphatic hydroxyl groups excluding tert-OH is 5. The van der Waals surface area contributed by atoms with E-state index in [4.69, 9.17) is 28.4 Å². The van der Waals surface area contributed by atoms with E-state index in [0.717, 1.165) is 5.56 Å². The van der Waals surface area contributed by atoms with Crippen LogP contribution in [-0.2, 0) is 49.2 Å². The molecule has 10 unspecified atom stereocenters. The zero-order valence-corrected chi connectivity index (χ0v) is 34.1. The van der Waals surface area contributed by atoms with Gasteiger partial charge >= 0.3 is 11.9 Å². The summed E-state index contributed by atoms with van der Waals surface area (Å²) in [6, 6.07) is 13.8. The predicted octanol–water partition coefficient (Wildman–Crippen LogP) is 0.782. The maximum absolute atomic E-state index is 14.2. The Morgan fingerprint density at radius 2 is 1.73 bits per heavy atom. The number of esters is 2. The highest BCUT2D eigenvalue weighted by molar-refractivity contribution is 5.97. The maximum Gasteiger partial charge on any atom is 0.338 e. The van der Waals surface area contributed by atoms with Gasteiger partial charge in [0.25, 0.3) is 0 Å². The Balaban J connectivity index is 1.24. The smallest absolute Gasteiger partial charge is 0.338 e. The second-order valence-electron chi connectivity index (χ2n) is 15.9. The Morgan fingerprint density at radius 1 is 0.983 bits per heavy atom.